The highest BCUT2D eigenvalue weighted by Gasteiger charge is 2.12. The van der Waals surface area contributed by atoms with E-state index in [2.05, 4.69) is 10.4 Å². The Morgan fingerprint density at radius 1 is 1.21 bits per heavy atom. The smallest absolute Gasteiger partial charge is 0.337 e. The first-order valence-electron chi connectivity index (χ1n) is 7.32. The number of hydrogen-bond donors (Lipinski definition) is 2. The number of carboxylic acids is 1. The van der Waals surface area contributed by atoms with E-state index in [9.17, 15) is 14.4 Å². The van der Waals surface area contributed by atoms with Crippen molar-refractivity contribution in [3.05, 3.63) is 59.4 Å². The summed E-state index contributed by atoms with van der Waals surface area (Å²) in [6, 6.07) is 6.04. The molecule has 0 atom stereocenters. The van der Waals surface area contributed by atoms with Gasteiger partial charge in [0.2, 0.25) is 5.91 Å². The van der Waals surface area contributed by atoms with Crippen LogP contribution in [0.25, 0.3) is 0 Å². The molecule has 1 aromatic heterocycles. The molecule has 1 aromatic carbocycles. The number of hydrogen-bond acceptors (Lipinski definition) is 4. The summed E-state index contributed by atoms with van der Waals surface area (Å²) >= 11 is 0. The van der Waals surface area contributed by atoms with Crippen LogP contribution in [0.3, 0.4) is 0 Å². The van der Waals surface area contributed by atoms with Crippen molar-refractivity contribution in [3.8, 4) is 0 Å². The third kappa shape index (κ3) is 3.95. The number of nitrogens with zero attached hydrogens (tertiary/aromatic N) is 2. The lowest BCUT2D eigenvalue weighted by atomic mass is 10.1. The van der Waals surface area contributed by atoms with Crippen molar-refractivity contribution in [1.82, 2.24) is 9.78 Å². The molecule has 1 heterocycles. The third-order valence-electron chi connectivity index (χ3n) is 3.34. The summed E-state index contributed by atoms with van der Waals surface area (Å²) in [4.78, 5) is 35.1. The SMILES string of the molecule is CCn1cc(C(=O)/C=C/C(=O)Nc2ccccc2C(=O)O)c(C)n1. The summed E-state index contributed by atoms with van der Waals surface area (Å²) in [5.41, 5.74) is 1.16. The summed E-state index contributed by atoms with van der Waals surface area (Å²) in [6.45, 7) is 4.27. The van der Waals surface area contributed by atoms with Gasteiger partial charge in [-0.15, -0.1) is 0 Å². The van der Waals surface area contributed by atoms with Crippen LogP contribution in [0.15, 0.2) is 42.6 Å². The second-order valence-electron chi connectivity index (χ2n) is 5.02. The normalized spacial score (nSPS) is 10.8. The van der Waals surface area contributed by atoms with Crippen molar-refractivity contribution in [2.45, 2.75) is 20.4 Å². The Labute approximate surface area is 138 Å². The first-order chi connectivity index (χ1) is 11.4. The minimum Gasteiger partial charge on any atom is -0.478 e. The minimum absolute atomic E-state index is 0.0226. The molecular formula is C17H17N3O4. The second-order valence-corrected chi connectivity index (χ2v) is 5.02. The third-order valence-corrected chi connectivity index (χ3v) is 3.34. The van der Waals surface area contributed by atoms with E-state index in [0.29, 0.717) is 17.8 Å². The standard InChI is InChI=1S/C17H17N3O4/c1-3-20-10-13(11(2)19-20)15(21)8-9-16(22)18-14-7-5-4-6-12(14)17(23)24/h4-10H,3H2,1-2H3,(H,18,22)(H,23,24)/b9-8+. The number of allylic oxidation sites excluding steroid dienone is 1. The van der Waals surface area contributed by atoms with E-state index in [-0.39, 0.29) is 17.0 Å². The molecule has 0 saturated heterocycles. The van der Waals surface area contributed by atoms with Crippen molar-refractivity contribution in [1.29, 1.82) is 0 Å². The highest BCUT2D eigenvalue weighted by Crippen LogP contribution is 2.15. The lowest BCUT2D eigenvalue weighted by Crippen LogP contribution is -2.12. The molecule has 7 heteroatoms. The molecule has 0 aliphatic heterocycles. The van der Waals surface area contributed by atoms with Gasteiger partial charge in [-0.2, -0.15) is 5.10 Å². The van der Waals surface area contributed by atoms with Gasteiger partial charge in [0.15, 0.2) is 5.78 Å². The van der Waals surface area contributed by atoms with Crippen molar-refractivity contribution in [3.63, 3.8) is 0 Å². The number of nitrogens with one attached hydrogen (secondary N) is 1. The molecule has 0 bridgehead atoms. The number of rotatable bonds is 6. The number of carboxylic acid groups (broad SMARTS) is 1. The quantitative estimate of drug-likeness (QED) is 0.626. The van der Waals surface area contributed by atoms with Crippen LogP contribution in [0, 0.1) is 6.92 Å². The Hall–Kier alpha value is -3.22. The zero-order valence-corrected chi connectivity index (χ0v) is 13.3. The number of benzene rings is 1. The van der Waals surface area contributed by atoms with Gasteiger partial charge in [-0.25, -0.2) is 4.79 Å². The van der Waals surface area contributed by atoms with Crippen LogP contribution in [0.4, 0.5) is 5.69 Å². The van der Waals surface area contributed by atoms with Gasteiger partial charge in [0.1, 0.15) is 0 Å². The Kier molecular flexibility index (Phi) is 5.26. The molecule has 1 amide bonds. The average Bonchev–Trinajstić information content (AvgIpc) is 2.94. The van der Waals surface area contributed by atoms with Crippen molar-refractivity contribution in [2.24, 2.45) is 0 Å². The highest BCUT2D eigenvalue weighted by atomic mass is 16.4. The van der Waals surface area contributed by atoms with Crippen LogP contribution in [-0.4, -0.2) is 32.5 Å². The van der Waals surface area contributed by atoms with E-state index in [4.69, 9.17) is 5.11 Å². The predicted molar refractivity (Wildman–Crippen MR) is 88.1 cm³/mol. The molecule has 0 spiro atoms. The summed E-state index contributed by atoms with van der Waals surface area (Å²) in [7, 11) is 0. The minimum atomic E-state index is -1.14. The Balaban J connectivity index is 2.09. The van der Waals surface area contributed by atoms with Crippen LogP contribution in [0.2, 0.25) is 0 Å². The largest absolute Gasteiger partial charge is 0.478 e. The van der Waals surface area contributed by atoms with Crippen molar-refractivity contribution in [2.75, 3.05) is 5.32 Å². The van der Waals surface area contributed by atoms with Gasteiger partial charge in [0.25, 0.3) is 0 Å². The van der Waals surface area contributed by atoms with E-state index in [1.807, 2.05) is 6.92 Å². The fourth-order valence-electron chi connectivity index (χ4n) is 2.12. The number of aromatic nitrogens is 2. The number of ketones is 1. The van der Waals surface area contributed by atoms with Gasteiger partial charge < -0.3 is 10.4 Å². The molecule has 2 aromatic rings. The molecule has 24 heavy (non-hydrogen) atoms. The Morgan fingerprint density at radius 3 is 2.54 bits per heavy atom. The summed E-state index contributed by atoms with van der Waals surface area (Å²) in [5, 5.41) is 15.7. The molecular weight excluding hydrogens is 310 g/mol. The summed E-state index contributed by atoms with van der Waals surface area (Å²) in [5.74, 6) is -2.07. The van der Waals surface area contributed by atoms with E-state index in [0.717, 1.165) is 12.2 Å². The maximum Gasteiger partial charge on any atom is 0.337 e. The Bertz CT molecular complexity index is 821. The van der Waals surface area contributed by atoms with Gasteiger partial charge in [-0.05, 0) is 32.1 Å². The molecule has 2 N–H and O–H groups in total. The average molecular weight is 327 g/mol. The fourth-order valence-corrected chi connectivity index (χ4v) is 2.12. The van der Waals surface area contributed by atoms with Gasteiger partial charge in [0.05, 0.1) is 22.5 Å². The van der Waals surface area contributed by atoms with Crippen LogP contribution in [-0.2, 0) is 11.3 Å². The molecule has 0 unspecified atom stereocenters. The molecule has 0 radical (unpaired) electrons. The lowest BCUT2D eigenvalue weighted by Gasteiger charge is -2.05. The van der Waals surface area contributed by atoms with Crippen LogP contribution >= 0.6 is 0 Å². The molecule has 0 aliphatic rings. The highest BCUT2D eigenvalue weighted by molar-refractivity contribution is 6.11. The molecule has 0 fully saturated rings. The van der Waals surface area contributed by atoms with Gasteiger partial charge in [-0.1, -0.05) is 12.1 Å². The lowest BCUT2D eigenvalue weighted by molar-refractivity contribution is -0.111. The monoisotopic (exact) mass is 327 g/mol. The zero-order chi connectivity index (χ0) is 17.7. The molecule has 7 nitrogen and oxygen atoms in total. The van der Waals surface area contributed by atoms with Crippen LogP contribution in [0.1, 0.15) is 33.3 Å². The number of aryl methyl sites for hydroxylation is 2. The van der Waals surface area contributed by atoms with Gasteiger partial charge >= 0.3 is 5.97 Å². The number of amides is 1. The number of carbonyl (C=O) groups excluding carboxylic acids is 2. The first-order valence-corrected chi connectivity index (χ1v) is 7.32. The van der Waals surface area contributed by atoms with Crippen LogP contribution in [0.5, 0.6) is 0 Å². The number of para-hydroxylation sites is 1. The van der Waals surface area contributed by atoms with E-state index < -0.39 is 11.9 Å². The summed E-state index contributed by atoms with van der Waals surface area (Å²) < 4.78 is 1.64. The maximum atomic E-state index is 12.1. The molecule has 124 valence electrons. The fraction of sp³-hybridized carbons (Fsp3) is 0.176. The van der Waals surface area contributed by atoms with Gasteiger partial charge in [-0.3, -0.25) is 14.3 Å². The first kappa shape index (κ1) is 17.1. The van der Waals surface area contributed by atoms with Crippen LogP contribution < -0.4 is 5.32 Å². The molecule has 0 saturated carbocycles. The van der Waals surface area contributed by atoms with E-state index in [1.165, 1.54) is 12.1 Å². The number of carbonyl (C=O) groups is 3. The van der Waals surface area contributed by atoms with Crippen molar-refractivity contribution >= 4 is 23.3 Å². The van der Waals surface area contributed by atoms with Gasteiger partial charge in [0, 0.05) is 18.8 Å². The zero-order valence-electron chi connectivity index (χ0n) is 13.3. The number of anilines is 1. The van der Waals surface area contributed by atoms with Crippen molar-refractivity contribution < 1.29 is 19.5 Å². The summed E-state index contributed by atoms with van der Waals surface area (Å²) in [6.07, 6.45) is 3.84. The topological polar surface area (TPSA) is 101 Å². The second kappa shape index (κ2) is 7.36. The Morgan fingerprint density at radius 2 is 1.92 bits per heavy atom. The number of aromatic carboxylic acids is 1. The maximum absolute atomic E-state index is 12.1. The van der Waals surface area contributed by atoms with E-state index in [1.54, 1.807) is 29.9 Å². The van der Waals surface area contributed by atoms with E-state index >= 15 is 0 Å². The predicted octanol–water partition coefficient (Wildman–Crippen LogP) is 2.29. The molecule has 0 aliphatic carbocycles. The molecule has 2 rings (SSSR count).